The van der Waals surface area contributed by atoms with Crippen molar-refractivity contribution in [3.05, 3.63) is 23.8 Å². The molecule has 3 nitrogen and oxygen atoms in total. The predicted octanol–water partition coefficient (Wildman–Crippen LogP) is 1.91. The SMILES string of the molecule is CC1(C)C(N)C1c1cccc2c1OCCO2. The molecule has 0 radical (unpaired) electrons. The van der Waals surface area contributed by atoms with Gasteiger partial charge >= 0.3 is 0 Å². The molecule has 0 aromatic heterocycles. The van der Waals surface area contributed by atoms with Crippen LogP contribution >= 0.6 is 0 Å². The van der Waals surface area contributed by atoms with Crippen LogP contribution in [0.1, 0.15) is 25.3 Å². The summed E-state index contributed by atoms with van der Waals surface area (Å²) in [6, 6.07) is 6.31. The fourth-order valence-corrected chi connectivity index (χ4v) is 2.61. The number of hydrogen-bond acceptors (Lipinski definition) is 3. The molecule has 3 rings (SSSR count). The number of hydrogen-bond donors (Lipinski definition) is 1. The molecule has 3 heteroatoms. The highest BCUT2D eigenvalue weighted by molar-refractivity contribution is 5.52. The normalized spacial score (nSPS) is 29.9. The lowest BCUT2D eigenvalue weighted by Gasteiger charge is -2.21. The Morgan fingerprint density at radius 3 is 2.62 bits per heavy atom. The van der Waals surface area contributed by atoms with Gasteiger partial charge in [-0.1, -0.05) is 26.0 Å². The van der Waals surface area contributed by atoms with Crippen LogP contribution in [0.3, 0.4) is 0 Å². The van der Waals surface area contributed by atoms with E-state index in [1.165, 1.54) is 5.56 Å². The lowest BCUT2D eigenvalue weighted by atomic mass is 10.0. The second-order valence-corrected chi connectivity index (χ2v) is 5.20. The molecule has 16 heavy (non-hydrogen) atoms. The minimum absolute atomic E-state index is 0.177. The van der Waals surface area contributed by atoms with E-state index < -0.39 is 0 Å². The minimum atomic E-state index is 0.177. The molecule has 1 aliphatic carbocycles. The Balaban J connectivity index is 2.03. The van der Waals surface area contributed by atoms with Gasteiger partial charge in [-0.3, -0.25) is 0 Å². The Morgan fingerprint density at radius 2 is 1.94 bits per heavy atom. The maximum Gasteiger partial charge on any atom is 0.164 e. The summed E-state index contributed by atoms with van der Waals surface area (Å²) in [5.74, 6) is 2.16. The molecule has 2 unspecified atom stereocenters. The van der Waals surface area contributed by atoms with E-state index in [4.69, 9.17) is 15.2 Å². The molecule has 1 aromatic rings. The number of ether oxygens (including phenoxy) is 2. The first kappa shape index (κ1) is 9.97. The van der Waals surface area contributed by atoms with Crippen molar-refractivity contribution < 1.29 is 9.47 Å². The van der Waals surface area contributed by atoms with E-state index in [2.05, 4.69) is 19.9 Å². The molecule has 1 heterocycles. The van der Waals surface area contributed by atoms with Crippen LogP contribution in [0.2, 0.25) is 0 Å². The lowest BCUT2D eigenvalue weighted by molar-refractivity contribution is 0.169. The van der Waals surface area contributed by atoms with Crippen molar-refractivity contribution in [1.82, 2.24) is 0 Å². The smallest absolute Gasteiger partial charge is 0.164 e. The molecular formula is C13H17NO2. The molecule has 0 spiro atoms. The van der Waals surface area contributed by atoms with Crippen molar-refractivity contribution >= 4 is 0 Å². The third kappa shape index (κ3) is 1.24. The van der Waals surface area contributed by atoms with Crippen molar-refractivity contribution in [1.29, 1.82) is 0 Å². The van der Waals surface area contributed by atoms with Crippen LogP contribution in [0, 0.1) is 5.41 Å². The zero-order valence-corrected chi connectivity index (χ0v) is 9.69. The number of rotatable bonds is 1. The summed E-state index contributed by atoms with van der Waals surface area (Å²) >= 11 is 0. The first-order chi connectivity index (χ1) is 7.62. The third-order valence-corrected chi connectivity index (χ3v) is 3.84. The quantitative estimate of drug-likeness (QED) is 0.784. The van der Waals surface area contributed by atoms with Gasteiger partial charge in [0.15, 0.2) is 11.5 Å². The number of benzene rings is 1. The first-order valence-electron chi connectivity index (χ1n) is 5.76. The van der Waals surface area contributed by atoms with Gasteiger partial charge < -0.3 is 15.2 Å². The fraction of sp³-hybridized carbons (Fsp3) is 0.538. The Labute approximate surface area is 95.5 Å². The average Bonchev–Trinajstić information content (AvgIpc) is 2.77. The molecule has 0 saturated heterocycles. The summed E-state index contributed by atoms with van der Waals surface area (Å²) in [6.07, 6.45) is 0. The fourth-order valence-electron chi connectivity index (χ4n) is 2.61. The van der Waals surface area contributed by atoms with Crippen molar-refractivity contribution in [3.8, 4) is 11.5 Å². The Hall–Kier alpha value is -1.22. The molecule has 0 amide bonds. The van der Waals surface area contributed by atoms with Gasteiger partial charge in [0.1, 0.15) is 13.2 Å². The summed E-state index contributed by atoms with van der Waals surface area (Å²) in [6.45, 7) is 5.67. The van der Waals surface area contributed by atoms with Crippen LogP contribution in [0.15, 0.2) is 18.2 Å². The van der Waals surface area contributed by atoms with Gasteiger partial charge in [-0.05, 0) is 11.5 Å². The summed E-state index contributed by atoms with van der Waals surface area (Å²) in [4.78, 5) is 0. The van der Waals surface area contributed by atoms with Gasteiger partial charge in [0.25, 0.3) is 0 Å². The van der Waals surface area contributed by atoms with Crippen molar-refractivity contribution in [3.63, 3.8) is 0 Å². The second-order valence-electron chi connectivity index (χ2n) is 5.20. The summed E-state index contributed by atoms with van der Waals surface area (Å²) in [5.41, 5.74) is 7.49. The topological polar surface area (TPSA) is 44.5 Å². The van der Waals surface area contributed by atoms with Crippen LogP contribution in [0.25, 0.3) is 0 Å². The highest BCUT2D eigenvalue weighted by Crippen LogP contribution is 2.60. The lowest BCUT2D eigenvalue weighted by Crippen LogP contribution is -2.16. The van der Waals surface area contributed by atoms with Gasteiger partial charge in [0, 0.05) is 17.5 Å². The van der Waals surface area contributed by atoms with Crippen LogP contribution in [-0.4, -0.2) is 19.3 Å². The van der Waals surface area contributed by atoms with E-state index in [1.807, 2.05) is 12.1 Å². The highest BCUT2D eigenvalue weighted by atomic mass is 16.6. The largest absolute Gasteiger partial charge is 0.486 e. The number of para-hydroxylation sites is 1. The zero-order chi connectivity index (χ0) is 11.3. The molecule has 86 valence electrons. The molecule has 1 aromatic carbocycles. The van der Waals surface area contributed by atoms with Crippen LogP contribution < -0.4 is 15.2 Å². The maximum absolute atomic E-state index is 6.11. The first-order valence-corrected chi connectivity index (χ1v) is 5.76. The average molecular weight is 219 g/mol. The van der Waals surface area contributed by atoms with Crippen LogP contribution in [0.5, 0.6) is 11.5 Å². The molecule has 1 aliphatic heterocycles. The zero-order valence-electron chi connectivity index (χ0n) is 9.69. The third-order valence-electron chi connectivity index (χ3n) is 3.84. The maximum atomic E-state index is 6.11. The second kappa shape index (κ2) is 3.14. The summed E-state index contributed by atoms with van der Waals surface area (Å²) in [7, 11) is 0. The van der Waals surface area contributed by atoms with E-state index in [1.54, 1.807) is 0 Å². The van der Waals surface area contributed by atoms with Crippen molar-refractivity contribution in [2.75, 3.05) is 13.2 Å². The van der Waals surface area contributed by atoms with E-state index >= 15 is 0 Å². The van der Waals surface area contributed by atoms with Gasteiger partial charge in [-0.15, -0.1) is 0 Å². The van der Waals surface area contributed by atoms with E-state index in [-0.39, 0.29) is 11.5 Å². The van der Waals surface area contributed by atoms with Crippen LogP contribution in [0.4, 0.5) is 0 Å². The number of fused-ring (bicyclic) bond motifs is 1. The highest BCUT2D eigenvalue weighted by Gasteiger charge is 2.57. The standard InChI is InChI=1S/C13H17NO2/c1-13(2)10(12(13)14)8-4-3-5-9-11(8)16-7-6-15-9/h3-5,10,12H,6-7,14H2,1-2H3. The van der Waals surface area contributed by atoms with Gasteiger partial charge in [0.2, 0.25) is 0 Å². The molecular weight excluding hydrogens is 202 g/mol. The van der Waals surface area contributed by atoms with Gasteiger partial charge in [0.05, 0.1) is 0 Å². The monoisotopic (exact) mass is 219 g/mol. The molecule has 1 fully saturated rings. The van der Waals surface area contributed by atoms with Gasteiger partial charge in [-0.25, -0.2) is 0 Å². The predicted molar refractivity (Wildman–Crippen MR) is 61.9 cm³/mol. The van der Waals surface area contributed by atoms with Gasteiger partial charge in [-0.2, -0.15) is 0 Å². The molecule has 2 atom stereocenters. The Bertz CT molecular complexity index is 428. The molecule has 0 bridgehead atoms. The van der Waals surface area contributed by atoms with Crippen molar-refractivity contribution in [2.24, 2.45) is 11.1 Å². The molecule has 1 saturated carbocycles. The van der Waals surface area contributed by atoms with E-state index in [0.29, 0.717) is 19.1 Å². The molecule has 2 aliphatic rings. The minimum Gasteiger partial charge on any atom is -0.486 e. The number of nitrogens with two attached hydrogens (primary N) is 1. The van der Waals surface area contributed by atoms with E-state index in [0.717, 1.165) is 11.5 Å². The van der Waals surface area contributed by atoms with E-state index in [9.17, 15) is 0 Å². The Morgan fingerprint density at radius 1 is 1.25 bits per heavy atom. The molecule has 2 N–H and O–H groups in total. The van der Waals surface area contributed by atoms with Crippen molar-refractivity contribution in [2.45, 2.75) is 25.8 Å². The summed E-state index contributed by atoms with van der Waals surface area (Å²) in [5, 5.41) is 0. The van der Waals surface area contributed by atoms with Crippen LogP contribution in [-0.2, 0) is 0 Å². The Kier molecular flexibility index (Phi) is 1.96. The summed E-state index contributed by atoms with van der Waals surface area (Å²) < 4.78 is 11.3.